The van der Waals surface area contributed by atoms with Crippen molar-refractivity contribution < 1.29 is 14.3 Å². The molecule has 15 heavy (non-hydrogen) atoms. The minimum absolute atomic E-state index is 0.208. The number of nitrogens with one attached hydrogen (secondary N) is 1. The summed E-state index contributed by atoms with van der Waals surface area (Å²) in [4.78, 5) is 11.9. The SMILES string of the molecule is COCC(NC(C)C)(C(=O)OC)C1CC1. The molecule has 0 aliphatic heterocycles. The van der Waals surface area contributed by atoms with Crippen molar-refractivity contribution in [2.45, 2.75) is 38.3 Å². The average Bonchev–Trinajstić information content (AvgIpc) is 2.98. The zero-order valence-corrected chi connectivity index (χ0v) is 10.0. The molecule has 0 aromatic rings. The smallest absolute Gasteiger partial charge is 0.328 e. The first kappa shape index (κ1) is 12.5. The van der Waals surface area contributed by atoms with Crippen molar-refractivity contribution in [2.75, 3.05) is 20.8 Å². The molecule has 88 valence electrons. The summed E-state index contributed by atoms with van der Waals surface area (Å²) in [6.07, 6.45) is 2.14. The van der Waals surface area contributed by atoms with Crippen LogP contribution in [-0.2, 0) is 14.3 Å². The predicted octanol–water partition coefficient (Wildman–Crippen LogP) is 0.953. The van der Waals surface area contributed by atoms with Gasteiger partial charge in [-0.2, -0.15) is 0 Å². The Morgan fingerprint density at radius 2 is 2.07 bits per heavy atom. The van der Waals surface area contributed by atoms with Crippen molar-refractivity contribution in [3.63, 3.8) is 0 Å². The van der Waals surface area contributed by atoms with E-state index in [2.05, 4.69) is 5.32 Å². The van der Waals surface area contributed by atoms with Gasteiger partial charge in [0.25, 0.3) is 0 Å². The lowest BCUT2D eigenvalue weighted by atomic mass is 9.93. The van der Waals surface area contributed by atoms with Crippen LogP contribution in [0.1, 0.15) is 26.7 Å². The summed E-state index contributed by atoms with van der Waals surface area (Å²) in [5, 5.41) is 3.31. The lowest BCUT2D eigenvalue weighted by molar-refractivity contribution is -0.152. The van der Waals surface area contributed by atoms with E-state index in [9.17, 15) is 4.79 Å². The Balaban J connectivity index is 2.82. The minimum Gasteiger partial charge on any atom is -0.468 e. The van der Waals surface area contributed by atoms with Crippen molar-refractivity contribution in [1.29, 1.82) is 0 Å². The largest absolute Gasteiger partial charge is 0.468 e. The summed E-state index contributed by atoms with van der Waals surface area (Å²) < 4.78 is 10.1. The lowest BCUT2D eigenvalue weighted by Crippen LogP contribution is -2.60. The fraction of sp³-hybridized carbons (Fsp3) is 0.909. The molecule has 1 unspecified atom stereocenters. The number of hydrogen-bond acceptors (Lipinski definition) is 4. The standard InChI is InChI=1S/C11H21NO3/c1-8(2)12-11(7-14-3,9-5-6-9)10(13)15-4/h8-9,12H,5-7H2,1-4H3. The molecule has 0 amide bonds. The van der Waals surface area contributed by atoms with E-state index in [0.29, 0.717) is 12.5 Å². The van der Waals surface area contributed by atoms with Gasteiger partial charge < -0.3 is 9.47 Å². The highest BCUT2D eigenvalue weighted by Crippen LogP contribution is 2.41. The summed E-state index contributed by atoms with van der Waals surface area (Å²) in [7, 11) is 3.04. The molecule has 0 heterocycles. The number of ether oxygens (including phenoxy) is 2. The van der Waals surface area contributed by atoms with Gasteiger partial charge in [-0.1, -0.05) is 0 Å². The van der Waals surface area contributed by atoms with E-state index in [4.69, 9.17) is 9.47 Å². The van der Waals surface area contributed by atoms with E-state index in [1.807, 2.05) is 13.8 Å². The molecule has 1 fully saturated rings. The van der Waals surface area contributed by atoms with Crippen LogP contribution in [0.5, 0.6) is 0 Å². The first-order valence-electron chi connectivity index (χ1n) is 5.42. The van der Waals surface area contributed by atoms with Gasteiger partial charge in [0.15, 0.2) is 0 Å². The zero-order valence-electron chi connectivity index (χ0n) is 10.0. The first-order valence-corrected chi connectivity index (χ1v) is 5.42. The molecule has 0 radical (unpaired) electrons. The van der Waals surface area contributed by atoms with Gasteiger partial charge in [-0.15, -0.1) is 0 Å². The first-order chi connectivity index (χ1) is 7.06. The van der Waals surface area contributed by atoms with Crippen LogP contribution in [-0.4, -0.2) is 38.4 Å². The van der Waals surface area contributed by atoms with Crippen LogP contribution in [0.15, 0.2) is 0 Å². The molecular weight excluding hydrogens is 194 g/mol. The van der Waals surface area contributed by atoms with Crippen molar-refractivity contribution in [3.8, 4) is 0 Å². The van der Waals surface area contributed by atoms with Crippen LogP contribution >= 0.6 is 0 Å². The summed E-state index contributed by atoms with van der Waals surface area (Å²) in [6.45, 7) is 4.42. The van der Waals surface area contributed by atoms with Crippen molar-refractivity contribution >= 4 is 5.97 Å². The third kappa shape index (κ3) is 2.69. The van der Waals surface area contributed by atoms with E-state index >= 15 is 0 Å². The van der Waals surface area contributed by atoms with Crippen LogP contribution in [0, 0.1) is 5.92 Å². The molecule has 0 aromatic heterocycles. The summed E-state index contributed by atoms with van der Waals surface area (Å²) in [5.74, 6) is 0.146. The van der Waals surface area contributed by atoms with E-state index in [-0.39, 0.29) is 12.0 Å². The van der Waals surface area contributed by atoms with Gasteiger partial charge >= 0.3 is 5.97 Å². The molecule has 0 aromatic carbocycles. The quantitative estimate of drug-likeness (QED) is 0.670. The number of carbonyl (C=O) groups excluding carboxylic acids is 1. The molecule has 0 saturated heterocycles. The maximum Gasteiger partial charge on any atom is 0.328 e. The third-order valence-corrected chi connectivity index (χ3v) is 2.74. The van der Waals surface area contributed by atoms with Gasteiger partial charge in [-0.25, -0.2) is 4.79 Å². The van der Waals surface area contributed by atoms with E-state index in [1.54, 1.807) is 7.11 Å². The average molecular weight is 215 g/mol. The van der Waals surface area contributed by atoms with Crippen molar-refractivity contribution in [1.82, 2.24) is 5.32 Å². The minimum atomic E-state index is -0.641. The number of carbonyl (C=O) groups is 1. The van der Waals surface area contributed by atoms with Crippen LogP contribution in [0.4, 0.5) is 0 Å². The van der Waals surface area contributed by atoms with Gasteiger partial charge in [-0.3, -0.25) is 5.32 Å². The maximum atomic E-state index is 11.9. The molecule has 0 spiro atoms. The Hall–Kier alpha value is -0.610. The fourth-order valence-electron chi connectivity index (χ4n) is 2.06. The highest BCUT2D eigenvalue weighted by atomic mass is 16.5. The summed E-state index contributed by atoms with van der Waals surface area (Å²) >= 11 is 0. The molecule has 1 N–H and O–H groups in total. The normalized spacial score (nSPS) is 20.1. The second kappa shape index (κ2) is 4.94. The summed E-state index contributed by atoms with van der Waals surface area (Å²) in [5.41, 5.74) is -0.641. The van der Waals surface area contributed by atoms with Gasteiger partial charge in [0.2, 0.25) is 0 Å². The van der Waals surface area contributed by atoms with Crippen LogP contribution in [0.3, 0.4) is 0 Å². The number of methoxy groups -OCH3 is 2. The monoisotopic (exact) mass is 215 g/mol. The molecule has 1 atom stereocenters. The third-order valence-electron chi connectivity index (χ3n) is 2.74. The van der Waals surface area contributed by atoms with Gasteiger partial charge in [0.1, 0.15) is 5.54 Å². The molecule has 4 nitrogen and oxygen atoms in total. The van der Waals surface area contributed by atoms with Crippen LogP contribution < -0.4 is 5.32 Å². The molecule has 1 aliphatic carbocycles. The molecule has 1 rings (SSSR count). The Morgan fingerprint density at radius 3 is 2.40 bits per heavy atom. The van der Waals surface area contributed by atoms with Crippen LogP contribution in [0.2, 0.25) is 0 Å². The Kier molecular flexibility index (Phi) is 4.11. The molecule has 0 bridgehead atoms. The van der Waals surface area contributed by atoms with Crippen molar-refractivity contribution in [3.05, 3.63) is 0 Å². The maximum absolute atomic E-state index is 11.9. The highest BCUT2D eigenvalue weighted by molar-refractivity contribution is 5.82. The Morgan fingerprint density at radius 1 is 1.47 bits per heavy atom. The van der Waals surface area contributed by atoms with E-state index in [0.717, 1.165) is 12.8 Å². The molecule has 4 heteroatoms. The second-order valence-electron chi connectivity index (χ2n) is 4.47. The summed E-state index contributed by atoms with van der Waals surface area (Å²) in [6, 6.07) is 0.236. The second-order valence-corrected chi connectivity index (χ2v) is 4.47. The molecule has 1 saturated carbocycles. The fourth-order valence-corrected chi connectivity index (χ4v) is 2.06. The zero-order chi connectivity index (χ0) is 11.5. The van der Waals surface area contributed by atoms with Gasteiger partial charge in [0.05, 0.1) is 13.7 Å². The molecular formula is C11H21NO3. The van der Waals surface area contributed by atoms with Gasteiger partial charge in [0, 0.05) is 13.2 Å². The topological polar surface area (TPSA) is 47.6 Å². The number of rotatable bonds is 6. The van der Waals surface area contributed by atoms with E-state index in [1.165, 1.54) is 7.11 Å². The Bertz CT molecular complexity index is 226. The lowest BCUT2D eigenvalue weighted by Gasteiger charge is -2.33. The Labute approximate surface area is 91.3 Å². The van der Waals surface area contributed by atoms with Gasteiger partial charge in [-0.05, 0) is 32.6 Å². The number of esters is 1. The predicted molar refractivity (Wildman–Crippen MR) is 57.6 cm³/mol. The highest BCUT2D eigenvalue weighted by Gasteiger charge is 2.52. The number of hydrogen-bond donors (Lipinski definition) is 1. The molecule has 1 aliphatic rings. The van der Waals surface area contributed by atoms with Crippen LogP contribution in [0.25, 0.3) is 0 Å². The van der Waals surface area contributed by atoms with E-state index < -0.39 is 5.54 Å². The van der Waals surface area contributed by atoms with Crippen molar-refractivity contribution in [2.24, 2.45) is 5.92 Å².